The number of aliphatic hydroxyl groups is 6. The van der Waals surface area contributed by atoms with E-state index < -0.39 is 35.8 Å². The second-order valence-electron chi connectivity index (χ2n) is 41.0. The van der Waals surface area contributed by atoms with Crippen molar-refractivity contribution in [3.8, 4) is 0 Å². The number of ether oxygens (including phenoxy) is 6. The highest BCUT2D eigenvalue weighted by Crippen LogP contribution is 2.45. The van der Waals surface area contributed by atoms with Crippen LogP contribution in [0.4, 0.5) is 0 Å². The number of benzene rings is 7. The van der Waals surface area contributed by atoms with Crippen LogP contribution in [0.1, 0.15) is 239 Å². The molecule has 6 aliphatic heterocycles. The molecule has 802 valence electrons. The van der Waals surface area contributed by atoms with E-state index in [-0.39, 0.29) is 107 Å². The number of carbonyl (C=O) groups excluding carboxylic acids is 6. The molecule has 12 unspecified atom stereocenters. The van der Waals surface area contributed by atoms with Gasteiger partial charge in [-0.2, -0.15) is 35.3 Å². The first-order chi connectivity index (χ1) is 70.5. The number of esters is 6. The number of hydrogen-bond acceptors (Lipinski definition) is 27. The molecular formula is C122H153NO20S6. The lowest BCUT2D eigenvalue weighted by molar-refractivity contribution is -0.146. The molecule has 6 N–H and O–H groups in total. The van der Waals surface area contributed by atoms with Crippen molar-refractivity contribution in [2.24, 2.45) is 35.5 Å². The summed E-state index contributed by atoms with van der Waals surface area (Å²) in [6.07, 6.45) is 8.45. The average Bonchev–Trinajstić information content (AvgIpc) is 1.53. The van der Waals surface area contributed by atoms with Crippen molar-refractivity contribution in [3.63, 3.8) is 0 Å². The number of furan rings is 1. The molecule has 0 saturated heterocycles. The summed E-state index contributed by atoms with van der Waals surface area (Å²) in [4.78, 5) is 81.0. The first-order valence-corrected chi connectivity index (χ1v) is 58.0. The quantitative estimate of drug-likeness (QED) is 0.0105. The molecule has 9 aromatic rings. The molecule has 149 heavy (non-hydrogen) atoms. The smallest absolute Gasteiger partial charge is 0.342 e. The molecule has 0 fully saturated rings. The second kappa shape index (κ2) is 55.5. The van der Waals surface area contributed by atoms with Gasteiger partial charge < -0.3 is 67.9 Å². The van der Waals surface area contributed by atoms with E-state index in [2.05, 4.69) is 77.7 Å². The van der Waals surface area contributed by atoms with Gasteiger partial charge in [0.15, 0.2) is 5.09 Å². The van der Waals surface area contributed by atoms with Gasteiger partial charge in [0.05, 0.1) is 12.5 Å². The zero-order valence-electron chi connectivity index (χ0n) is 92.0. The maximum absolute atomic E-state index is 12.8. The van der Waals surface area contributed by atoms with Gasteiger partial charge in [0.25, 0.3) is 5.22 Å². The van der Waals surface area contributed by atoms with Gasteiger partial charge in [0.2, 0.25) is 0 Å². The van der Waals surface area contributed by atoms with Crippen molar-refractivity contribution in [1.82, 2.24) is 4.98 Å². The molecule has 27 heteroatoms. The highest BCUT2D eigenvalue weighted by Gasteiger charge is 2.42. The fourth-order valence-electron chi connectivity index (χ4n) is 20.3. The van der Waals surface area contributed by atoms with Gasteiger partial charge in [-0.15, -0.1) is 11.8 Å². The number of cyclic esters (lactones) is 6. The number of nitrogens with zero attached hydrogens (tertiary/aromatic N) is 1. The number of aryl methyl sites for hydroxylation is 19. The zero-order valence-corrected chi connectivity index (χ0v) is 96.9. The van der Waals surface area contributed by atoms with Gasteiger partial charge >= 0.3 is 35.8 Å². The van der Waals surface area contributed by atoms with Crippen LogP contribution < -0.4 is 0 Å². The van der Waals surface area contributed by atoms with Crippen LogP contribution in [0.5, 0.6) is 0 Å². The topological polar surface area (TPSA) is 318 Å². The summed E-state index contributed by atoms with van der Waals surface area (Å²) in [6, 6.07) is 36.4. The van der Waals surface area contributed by atoms with E-state index in [0.29, 0.717) is 82.9 Å². The van der Waals surface area contributed by atoms with Crippen molar-refractivity contribution >= 4 is 140 Å². The van der Waals surface area contributed by atoms with Gasteiger partial charge in [-0.25, -0.2) is 33.8 Å². The summed E-state index contributed by atoms with van der Waals surface area (Å²) in [7, 11) is 0. The molecule has 0 radical (unpaired) electrons. The lowest BCUT2D eigenvalue weighted by atomic mass is 9.89. The third kappa shape index (κ3) is 31.9. The minimum Gasteiger partial charge on any atom is -0.511 e. The Hall–Kier alpha value is -10.8. The number of oxazole rings is 1. The van der Waals surface area contributed by atoms with Crippen LogP contribution in [-0.4, -0.2) is 160 Å². The van der Waals surface area contributed by atoms with Crippen molar-refractivity contribution in [2.45, 2.75) is 284 Å². The Kier molecular flexibility index (Phi) is 44.7. The van der Waals surface area contributed by atoms with Gasteiger partial charge in [-0.05, 0) is 297 Å². The Balaban J connectivity index is 0.000000183. The van der Waals surface area contributed by atoms with Crippen LogP contribution in [0.15, 0.2) is 187 Å². The van der Waals surface area contributed by atoms with Crippen LogP contribution in [0.25, 0.3) is 33.4 Å². The first-order valence-electron chi connectivity index (χ1n) is 51.3. The molecule has 0 spiro atoms. The van der Waals surface area contributed by atoms with Gasteiger partial charge in [0, 0.05) is 96.2 Å². The third-order valence-electron chi connectivity index (χ3n) is 27.4. The summed E-state index contributed by atoms with van der Waals surface area (Å²) in [5.74, 6) is 6.49. The number of rotatable bonds is 30. The molecule has 0 bridgehead atoms. The van der Waals surface area contributed by atoms with Crippen LogP contribution in [0.3, 0.4) is 0 Å². The lowest BCUT2D eigenvalue weighted by Crippen LogP contribution is -2.32. The Morgan fingerprint density at radius 2 is 0.564 bits per heavy atom. The maximum atomic E-state index is 12.8. The van der Waals surface area contributed by atoms with E-state index >= 15 is 0 Å². The molecule has 12 atom stereocenters. The van der Waals surface area contributed by atoms with Crippen molar-refractivity contribution in [3.05, 3.63) is 302 Å². The molecule has 0 saturated carbocycles. The predicted molar refractivity (Wildman–Crippen MR) is 611 cm³/mol. The van der Waals surface area contributed by atoms with E-state index in [9.17, 15) is 59.4 Å². The van der Waals surface area contributed by atoms with Gasteiger partial charge in [0.1, 0.15) is 111 Å². The molecule has 6 aliphatic rings. The second-order valence-corrected chi connectivity index (χ2v) is 47.5. The SMILES string of the molecule is CCCSCC(C)C1CC(O)=C(c2c(C)cc(C)cc2C)C(=O)O1.CCSCC(C)C1CC(O)=C(c2c(C)cc(C)cc2C)C(=O)O1.CSCC(C)C1CC(O)=C(c2c(C)cc(C)cc2C)C(=O)O1.Cc1cc(C)c(C2=C(O)CC(C(C)CSc3ccco3)OC2=O)c(C)c1.Cc1cc(C)c(C2=C(O)CC(C(C)CSc3ncco3)OC2=O)c(C)c1.Cc1cccc(SCC(C)C2CC(O)=C(c3c(C)cc(C)cc3C)C(=O)O2)c1. The monoisotopic (exact) mass is 2140 g/mol. The average molecular weight is 2150 g/mol. The molecule has 0 aliphatic carbocycles. The predicted octanol–water partition coefficient (Wildman–Crippen LogP) is 29.5. The van der Waals surface area contributed by atoms with Crippen LogP contribution in [-0.2, 0) is 57.2 Å². The number of aliphatic hydroxyl groups excluding tert-OH is 6. The molecule has 15 rings (SSSR count). The van der Waals surface area contributed by atoms with E-state index in [0.717, 1.165) is 185 Å². The molecule has 0 amide bonds. The van der Waals surface area contributed by atoms with E-state index in [4.69, 9.17) is 37.3 Å². The Bertz CT molecular complexity index is 6210. The highest BCUT2D eigenvalue weighted by molar-refractivity contribution is 8.00. The van der Waals surface area contributed by atoms with Crippen LogP contribution in [0.2, 0.25) is 0 Å². The summed E-state index contributed by atoms with van der Waals surface area (Å²) in [5.41, 5.74) is 26.6. The molecule has 2 aromatic heterocycles. The van der Waals surface area contributed by atoms with Gasteiger partial charge in [-0.3, -0.25) is 0 Å². The van der Waals surface area contributed by atoms with Crippen LogP contribution in [0, 0.1) is 167 Å². The molecule has 8 heterocycles. The van der Waals surface area contributed by atoms with E-state index in [1.165, 1.54) is 28.5 Å². The largest absolute Gasteiger partial charge is 0.511 e. The molecule has 21 nitrogen and oxygen atoms in total. The molecule has 7 aromatic carbocycles. The normalized spacial score (nSPS) is 19.1. The molecular weight excluding hydrogens is 1990 g/mol. The summed E-state index contributed by atoms with van der Waals surface area (Å²) in [5, 5.41) is 65.0. The summed E-state index contributed by atoms with van der Waals surface area (Å²) < 4.78 is 44.6. The zero-order chi connectivity index (χ0) is 110. The number of carbonyl (C=O) groups is 6. The number of aromatic nitrogens is 1. The van der Waals surface area contributed by atoms with E-state index in [1.54, 1.807) is 47.7 Å². The fraction of sp³-hybridized carbons (Fsp3) is 0.451. The van der Waals surface area contributed by atoms with Crippen LogP contribution >= 0.6 is 70.6 Å². The van der Waals surface area contributed by atoms with Crippen molar-refractivity contribution in [2.75, 3.05) is 52.3 Å². The lowest BCUT2D eigenvalue weighted by Gasteiger charge is -2.29. The minimum absolute atomic E-state index is 0.0553. The number of thioether (sulfide) groups is 6. The Labute approximate surface area is 907 Å². The Morgan fingerprint density at radius 1 is 0.302 bits per heavy atom. The standard InChI is InChI=1S/C24H28O3S.C21H24O4S.C20H23NO4S.C20H28O3S.C19H26O3S.C18H24O3S/c1-14-7-6-8-19(11-14)28-13-18(5)21-12-20(25)23(24(26)27-21)22-16(3)9-15(2)10-17(22)4;1-12-8-13(2)19(14(3)9-12)20-16(22)10-17(25-21(20)23)15(4)11-26-18-6-5-7-24-18;1-11-7-12(2)17(13(3)8-11)18-15(22)9-16(25-19(18)23)14(4)10-26-20-21-5-6-24-20;1-6-7-24-11-15(5)17-10-16(21)19(20(22)23-17)18-13(3)8-12(2)9-14(18)4;1-6-23-10-14(5)16-9-15(20)18(19(21)22-16)17-12(3)7-11(2)8-13(17)4;1-10-6-11(2)16(12(3)7-10)17-14(19)8-15(21-18(17)20)13(4)9-22-5/h6-11,18,21,25H,12-13H2,1-5H3;5-9,15,17,22H,10-11H2,1-4H3;5-8,14,16,22H,9-10H2,1-4H3;8-9,15,17,21H,6-7,10-11H2,1-5H3;7-8,14,16,20H,6,9-10H2,1-5H3;6-7,13,15,19H,8-9H2,1-5H3. The van der Waals surface area contributed by atoms with Crippen molar-refractivity contribution < 1.29 is 96.7 Å². The van der Waals surface area contributed by atoms with Gasteiger partial charge in [-0.1, -0.05) is 203 Å². The maximum Gasteiger partial charge on any atom is 0.342 e. The number of hydrogen-bond donors (Lipinski definition) is 6. The first kappa shape index (κ1) is 120. The third-order valence-corrected chi connectivity index (χ3v) is 34.5. The minimum atomic E-state index is -0.457. The van der Waals surface area contributed by atoms with Crippen molar-refractivity contribution in [1.29, 1.82) is 0 Å². The Morgan fingerprint density at radius 3 is 0.799 bits per heavy atom. The van der Waals surface area contributed by atoms with E-state index in [1.807, 2.05) is 253 Å². The summed E-state index contributed by atoms with van der Waals surface area (Å²) >= 11 is 10.2. The summed E-state index contributed by atoms with van der Waals surface area (Å²) in [6.45, 7) is 54.3. The fourth-order valence-corrected chi connectivity index (χ4v) is 25.9. The highest BCUT2D eigenvalue weighted by atomic mass is 32.2.